The van der Waals surface area contributed by atoms with Crippen LogP contribution in [0, 0.1) is 5.92 Å². The molecular weight excluding hydrogens is 439 g/mol. The normalized spacial score (nSPS) is 17.4. The van der Waals surface area contributed by atoms with Crippen LogP contribution in [-0.4, -0.2) is 103 Å². The Morgan fingerprint density at radius 3 is 2.60 bits per heavy atom. The standard InChI is InChI=1S/C16H32N4O4.HI/c1-19(2)15(21)11-18-16(17-6-8-22-3)20-7-5-14(12-20)13-24-10-9-23-4;/h14H,5-13H2,1-4H3,(H,17,18);1H. The first kappa shape index (κ1) is 24.4. The fourth-order valence-corrected chi connectivity index (χ4v) is 2.37. The van der Waals surface area contributed by atoms with Crippen LogP contribution in [0.3, 0.4) is 0 Å². The Kier molecular flexibility index (Phi) is 14.1. The van der Waals surface area contributed by atoms with Crippen LogP contribution < -0.4 is 5.32 Å². The van der Waals surface area contributed by atoms with Crippen LogP contribution in [0.4, 0.5) is 0 Å². The summed E-state index contributed by atoms with van der Waals surface area (Å²) < 4.78 is 15.7. The lowest BCUT2D eigenvalue weighted by Gasteiger charge is -2.22. The van der Waals surface area contributed by atoms with Crippen molar-refractivity contribution in [3.05, 3.63) is 0 Å². The summed E-state index contributed by atoms with van der Waals surface area (Å²) in [5.41, 5.74) is 0. The van der Waals surface area contributed by atoms with Gasteiger partial charge < -0.3 is 29.3 Å². The van der Waals surface area contributed by atoms with Gasteiger partial charge >= 0.3 is 0 Å². The van der Waals surface area contributed by atoms with E-state index in [1.54, 1.807) is 33.2 Å². The van der Waals surface area contributed by atoms with Gasteiger partial charge in [-0.15, -0.1) is 24.0 Å². The molecule has 1 fully saturated rings. The summed E-state index contributed by atoms with van der Waals surface area (Å²) >= 11 is 0. The molecule has 1 aliphatic rings. The number of likely N-dealkylation sites (tertiary alicyclic amines) is 1. The second-order valence-electron chi connectivity index (χ2n) is 6.02. The molecule has 1 heterocycles. The number of guanidine groups is 1. The minimum atomic E-state index is -0.0142. The van der Waals surface area contributed by atoms with Gasteiger partial charge in [0.05, 0.1) is 26.4 Å². The number of ether oxygens (including phenoxy) is 3. The summed E-state index contributed by atoms with van der Waals surface area (Å²) in [6, 6.07) is 0. The second kappa shape index (κ2) is 14.5. The highest BCUT2D eigenvalue weighted by Crippen LogP contribution is 2.16. The van der Waals surface area contributed by atoms with E-state index in [1.807, 2.05) is 0 Å². The quantitative estimate of drug-likeness (QED) is 0.213. The van der Waals surface area contributed by atoms with E-state index in [0.29, 0.717) is 32.3 Å². The molecule has 0 saturated carbocycles. The van der Waals surface area contributed by atoms with Gasteiger partial charge in [-0.1, -0.05) is 0 Å². The number of amides is 1. The zero-order valence-electron chi connectivity index (χ0n) is 15.8. The molecule has 1 atom stereocenters. The Morgan fingerprint density at radius 1 is 1.24 bits per heavy atom. The molecule has 0 aromatic rings. The molecule has 0 radical (unpaired) electrons. The Morgan fingerprint density at radius 2 is 1.96 bits per heavy atom. The molecule has 0 aliphatic carbocycles. The maximum atomic E-state index is 11.8. The first-order valence-electron chi connectivity index (χ1n) is 8.37. The molecule has 25 heavy (non-hydrogen) atoms. The minimum absolute atomic E-state index is 0. The highest BCUT2D eigenvalue weighted by Gasteiger charge is 2.25. The van der Waals surface area contributed by atoms with Gasteiger partial charge in [0.1, 0.15) is 6.54 Å². The number of nitrogens with one attached hydrogen (secondary N) is 1. The predicted octanol–water partition coefficient (Wildman–Crippen LogP) is 0.270. The van der Waals surface area contributed by atoms with Crippen molar-refractivity contribution in [3.63, 3.8) is 0 Å². The Hall–Kier alpha value is -0.650. The topological polar surface area (TPSA) is 75.6 Å². The molecule has 148 valence electrons. The van der Waals surface area contributed by atoms with E-state index in [4.69, 9.17) is 14.2 Å². The van der Waals surface area contributed by atoms with E-state index in [9.17, 15) is 4.79 Å². The highest BCUT2D eigenvalue weighted by molar-refractivity contribution is 14.0. The van der Waals surface area contributed by atoms with E-state index < -0.39 is 0 Å². The number of carbonyl (C=O) groups excluding carboxylic acids is 1. The largest absolute Gasteiger partial charge is 0.383 e. The highest BCUT2D eigenvalue weighted by atomic mass is 127. The number of aliphatic imine (C=N–C) groups is 1. The van der Waals surface area contributed by atoms with Crippen molar-refractivity contribution in [2.75, 3.05) is 80.9 Å². The zero-order valence-corrected chi connectivity index (χ0v) is 18.2. The van der Waals surface area contributed by atoms with Crippen molar-refractivity contribution >= 4 is 35.8 Å². The van der Waals surface area contributed by atoms with E-state index >= 15 is 0 Å². The molecule has 0 bridgehead atoms. The van der Waals surface area contributed by atoms with Crippen molar-refractivity contribution in [1.82, 2.24) is 15.1 Å². The number of rotatable bonds is 10. The van der Waals surface area contributed by atoms with Gasteiger partial charge in [-0.25, -0.2) is 4.99 Å². The molecule has 0 spiro atoms. The van der Waals surface area contributed by atoms with Crippen molar-refractivity contribution in [2.24, 2.45) is 10.9 Å². The van der Waals surface area contributed by atoms with Crippen LogP contribution in [0.15, 0.2) is 4.99 Å². The molecule has 1 amide bonds. The average molecular weight is 472 g/mol. The number of likely N-dealkylation sites (N-methyl/N-ethyl adjacent to an activating group) is 1. The van der Waals surface area contributed by atoms with Crippen molar-refractivity contribution in [1.29, 1.82) is 0 Å². The van der Waals surface area contributed by atoms with E-state index in [2.05, 4.69) is 15.2 Å². The van der Waals surface area contributed by atoms with Crippen LogP contribution in [0.25, 0.3) is 0 Å². The van der Waals surface area contributed by atoms with E-state index in [0.717, 1.165) is 32.1 Å². The van der Waals surface area contributed by atoms with Gasteiger partial charge in [-0.3, -0.25) is 4.79 Å². The molecule has 0 aromatic heterocycles. The smallest absolute Gasteiger partial charge is 0.243 e. The first-order chi connectivity index (χ1) is 11.6. The minimum Gasteiger partial charge on any atom is -0.383 e. The Labute approximate surface area is 168 Å². The van der Waals surface area contributed by atoms with Gasteiger partial charge in [0, 0.05) is 53.9 Å². The third-order valence-corrected chi connectivity index (χ3v) is 3.82. The Bertz CT molecular complexity index is 396. The van der Waals surface area contributed by atoms with Crippen molar-refractivity contribution in [3.8, 4) is 0 Å². The number of carbonyl (C=O) groups is 1. The zero-order chi connectivity index (χ0) is 17.8. The van der Waals surface area contributed by atoms with E-state index in [1.165, 1.54) is 0 Å². The summed E-state index contributed by atoms with van der Waals surface area (Å²) in [6.07, 6.45) is 1.06. The maximum Gasteiger partial charge on any atom is 0.243 e. The van der Waals surface area contributed by atoms with Crippen molar-refractivity contribution in [2.45, 2.75) is 6.42 Å². The summed E-state index contributed by atoms with van der Waals surface area (Å²) in [5.74, 6) is 1.22. The number of hydrogen-bond acceptors (Lipinski definition) is 5. The summed E-state index contributed by atoms with van der Waals surface area (Å²) in [5, 5.41) is 3.27. The van der Waals surface area contributed by atoms with Gasteiger partial charge in [-0.2, -0.15) is 0 Å². The monoisotopic (exact) mass is 472 g/mol. The molecule has 0 aromatic carbocycles. The van der Waals surface area contributed by atoms with Gasteiger partial charge in [0.15, 0.2) is 5.96 Å². The molecule has 1 unspecified atom stereocenters. The van der Waals surface area contributed by atoms with Crippen LogP contribution in [0.1, 0.15) is 6.42 Å². The molecule has 1 aliphatic heterocycles. The predicted molar refractivity (Wildman–Crippen MR) is 109 cm³/mol. The van der Waals surface area contributed by atoms with Crippen LogP contribution in [0.2, 0.25) is 0 Å². The molecule has 9 heteroatoms. The molecule has 1 rings (SSSR count). The number of nitrogens with zero attached hydrogens (tertiary/aromatic N) is 3. The van der Waals surface area contributed by atoms with Gasteiger partial charge in [0.2, 0.25) is 5.91 Å². The van der Waals surface area contributed by atoms with Gasteiger partial charge in [-0.05, 0) is 6.42 Å². The summed E-state index contributed by atoms with van der Waals surface area (Å²) in [4.78, 5) is 20.0. The average Bonchev–Trinajstić information content (AvgIpc) is 3.03. The Balaban J connectivity index is 0.00000576. The lowest BCUT2D eigenvalue weighted by molar-refractivity contribution is -0.127. The fourth-order valence-electron chi connectivity index (χ4n) is 2.37. The van der Waals surface area contributed by atoms with Crippen LogP contribution in [-0.2, 0) is 19.0 Å². The third-order valence-electron chi connectivity index (χ3n) is 3.82. The summed E-state index contributed by atoms with van der Waals surface area (Å²) in [6.45, 7) is 5.16. The molecule has 1 saturated heterocycles. The molecule has 1 N–H and O–H groups in total. The van der Waals surface area contributed by atoms with Crippen LogP contribution in [0.5, 0.6) is 0 Å². The molecule has 8 nitrogen and oxygen atoms in total. The lowest BCUT2D eigenvalue weighted by Crippen LogP contribution is -2.42. The number of methoxy groups -OCH3 is 2. The number of halogens is 1. The van der Waals surface area contributed by atoms with Crippen LogP contribution >= 0.6 is 24.0 Å². The second-order valence-corrected chi connectivity index (χ2v) is 6.02. The maximum absolute atomic E-state index is 11.8. The van der Waals surface area contributed by atoms with E-state index in [-0.39, 0.29) is 36.4 Å². The lowest BCUT2D eigenvalue weighted by atomic mass is 10.1. The third kappa shape index (κ3) is 10.2. The van der Waals surface area contributed by atoms with Gasteiger partial charge in [0.25, 0.3) is 0 Å². The first-order valence-corrected chi connectivity index (χ1v) is 8.37. The fraction of sp³-hybridized carbons (Fsp3) is 0.875. The number of hydrogen-bond donors (Lipinski definition) is 1. The summed E-state index contributed by atoms with van der Waals surface area (Å²) in [7, 11) is 6.81. The molecular formula is C16H33IN4O4. The van der Waals surface area contributed by atoms with Crippen molar-refractivity contribution < 1.29 is 19.0 Å². The SMILES string of the molecule is COCCNC(=NCC(=O)N(C)C)N1CCC(COCCOC)C1.I.